The second-order valence-corrected chi connectivity index (χ2v) is 5.98. The van der Waals surface area contributed by atoms with Crippen molar-refractivity contribution >= 4 is 10.2 Å². The number of benzene rings is 1. The van der Waals surface area contributed by atoms with Gasteiger partial charge in [0, 0.05) is 0 Å². The van der Waals surface area contributed by atoms with Crippen molar-refractivity contribution in [3.8, 4) is 0 Å². The van der Waals surface area contributed by atoms with Crippen molar-refractivity contribution in [2.75, 3.05) is 0 Å². The Kier molecular flexibility index (Phi) is 3.13. The van der Waals surface area contributed by atoms with E-state index in [0.717, 1.165) is 0 Å². The maximum Gasteiger partial charge on any atom is 0.307 e. The minimum Gasteiger partial charge on any atom is -0.207 e. The maximum atomic E-state index is 12.8. The molecular formula is C10H12F2O2S. The van der Waals surface area contributed by atoms with Gasteiger partial charge in [0.2, 0.25) is 0 Å². The zero-order valence-corrected chi connectivity index (χ0v) is 9.31. The summed E-state index contributed by atoms with van der Waals surface area (Å²) in [5.41, 5.74) is 0.586. The Labute approximate surface area is 88.1 Å². The van der Waals surface area contributed by atoms with E-state index in [1.807, 2.05) is 0 Å². The summed E-state index contributed by atoms with van der Waals surface area (Å²) in [6.07, 6.45) is 0.0200. The lowest BCUT2D eigenvalue weighted by Gasteiger charge is -2.19. The molecule has 0 N–H and O–H groups in total. The van der Waals surface area contributed by atoms with Gasteiger partial charge in [0.15, 0.2) is 0 Å². The predicted octanol–water partition coefficient (Wildman–Crippen LogP) is 2.45. The van der Waals surface area contributed by atoms with Crippen LogP contribution in [0.1, 0.15) is 19.4 Å². The van der Waals surface area contributed by atoms with Crippen LogP contribution in [0.25, 0.3) is 0 Å². The lowest BCUT2D eigenvalue weighted by molar-refractivity contribution is 0.499. The summed E-state index contributed by atoms with van der Waals surface area (Å²) in [6.45, 7) is 2.59. The summed E-state index contributed by atoms with van der Waals surface area (Å²) in [4.78, 5) is 0. The summed E-state index contributed by atoms with van der Waals surface area (Å²) < 4.78 is 45.5. The Hall–Kier alpha value is -0.970. The first-order valence-corrected chi connectivity index (χ1v) is 5.79. The molecule has 0 atom stereocenters. The normalized spacial score (nSPS) is 12.8. The lowest BCUT2D eigenvalue weighted by atomic mass is 10.0. The number of hydrogen-bond acceptors (Lipinski definition) is 2. The van der Waals surface area contributed by atoms with Gasteiger partial charge in [-0.15, -0.1) is 3.89 Å². The van der Waals surface area contributed by atoms with Gasteiger partial charge in [-0.2, -0.15) is 8.42 Å². The first-order valence-electron chi connectivity index (χ1n) is 4.41. The van der Waals surface area contributed by atoms with Crippen molar-refractivity contribution in [1.29, 1.82) is 0 Å². The highest BCUT2D eigenvalue weighted by Crippen LogP contribution is 2.23. The SMILES string of the molecule is CC(C)(Cc1ccc(F)cc1)S(=O)(=O)F. The third-order valence-electron chi connectivity index (χ3n) is 2.20. The quantitative estimate of drug-likeness (QED) is 0.753. The highest BCUT2D eigenvalue weighted by atomic mass is 32.3. The first kappa shape index (κ1) is 12.1. The summed E-state index contributed by atoms with van der Waals surface area (Å²) in [5, 5.41) is 0. The van der Waals surface area contributed by atoms with Gasteiger partial charge in [-0.25, -0.2) is 4.39 Å². The van der Waals surface area contributed by atoms with E-state index in [1.165, 1.54) is 38.1 Å². The van der Waals surface area contributed by atoms with Crippen LogP contribution in [0.4, 0.5) is 8.28 Å². The zero-order valence-electron chi connectivity index (χ0n) is 8.50. The Morgan fingerprint density at radius 2 is 1.67 bits per heavy atom. The van der Waals surface area contributed by atoms with E-state index in [-0.39, 0.29) is 6.42 Å². The predicted molar refractivity (Wildman–Crippen MR) is 54.2 cm³/mol. The number of rotatable bonds is 3. The third kappa shape index (κ3) is 2.99. The molecule has 0 aromatic heterocycles. The van der Waals surface area contributed by atoms with Crippen molar-refractivity contribution in [3.05, 3.63) is 35.6 Å². The molecule has 0 bridgehead atoms. The molecule has 0 radical (unpaired) electrons. The lowest BCUT2D eigenvalue weighted by Crippen LogP contribution is -2.31. The van der Waals surface area contributed by atoms with Crippen molar-refractivity contribution in [1.82, 2.24) is 0 Å². The molecular weight excluding hydrogens is 222 g/mol. The minimum atomic E-state index is -4.60. The zero-order chi connectivity index (χ0) is 11.7. The number of halogens is 2. The molecule has 2 nitrogen and oxygen atoms in total. The van der Waals surface area contributed by atoms with Gasteiger partial charge >= 0.3 is 10.2 Å². The fraction of sp³-hybridized carbons (Fsp3) is 0.400. The molecule has 0 aliphatic heterocycles. The van der Waals surface area contributed by atoms with Crippen molar-refractivity contribution in [2.24, 2.45) is 0 Å². The Balaban J connectivity index is 2.92. The van der Waals surface area contributed by atoms with Crippen LogP contribution in [0.2, 0.25) is 0 Å². The Bertz CT molecular complexity index is 435. The highest BCUT2D eigenvalue weighted by molar-refractivity contribution is 7.87. The molecule has 0 aliphatic carbocycles. The number of hydrogen-bond donors (Lipinski definition) is 0. The summed E-state index contributed by atoms with van der Waals surface area (Å²) >= 11 is 0. The topological polar surface area (TPSA) is 34.1 Å². The van der Waals surface area contributed by atoms with Crippen LogP contribution in [0.15, 0.2) is 24.3 Å². The van der Waals surface area contributed by atoms with Gasteiger partial charge in [0.05, 0.1) is 0 Å². The fourth-order valence-electron chi connectivity index (χ4n) is 1.18. The van der Waals surface area contributed by atoms with Gasteiger partial charge in [0.25, 0.3) is 0 Å². The summed E-state index contributed by atoms with van der Waals surface area (Å²) in [7, 11) is -4.60. The molecule has 0 fully saturated rings. The summed E-state index contributed by atoms with van der Waals surface area (Å²) in [6, 6.07) is 5.33. The van der Waals surface area contributed by atoms with Crippen molar-refractivity contribution < 1.29 is 16.7 Å². The average molecular weight is 234 g/mol. The molecule has 0 unspecified atom stereocenters. The van der Waals surface area contributed by atoms with E-state index in [0.29, 0.717) is 5.56 Å². The molecule has 0 saturated heterocycles. The van der Waals surface area contributed by atoms with Crippen LogP contribution >= 0.6 is 0 Å². The van der Waals surface area contributed by atoms with E-state index in [1.54, 1.807) is 0 Å². The standard InChI is InChI=1S/C10H12F2O2S/c1-10(2,15(12,13)14)7-8-3-5-9(11)6-4-8/h3-6H,7H2,1-2H3. The fourth-order valence-corrected chi connectivity index (χ4v) is 1.52. The van der Waals surface area contributed by atoms with Gasteiger partial charge in [-0.05, 0) is 38.0 Å². The van der Waals surface area contributed by atoms with Crippen LogP contribution in [0.3, 0.4) is 0 Å². The van der Waals surface area contributed by atoms with Crippen LogP contribution in [-0.2, 0) is 16.6 Å². The van der Waals surface area contributed by atoms with E-state index in [4.69, 9.17) is 0 Å². The molecule has 0 saturated carbocycles. The first-order chi connectivity index (χ1) is 6.72. The van der Waals surface area contributed by atoms with Crippen LogP contribution < -0.4 is 0 Å². The molecule has 1 aromatic rings. The second kappa shape index (κ2) is 3.89. The third-order valence-corrected chi connectivity index (χ3v) is 3.67. The second-order valence-electron chi connectivity index (χ2n) is 4.00. The largest absolute Gasteiger partial charge is 0.307 e. The van der Waals surface area contributed by atoms with Gasteiger partial charge in [-0.1, -0.05) is 12.1 Å². The van der Waals surface area contributed by atoms with Crippen LogP contribution in [0, 0.1) is 5.82 Å². The monoisotopic (exact) mass is 234 g/mol. The van der Waals surface area contributed by atoms with E-state index in [9.17, 15) is 16.7 Å². The molecule has 5 heteroatoms. The molecule has 0 amide bonds. The Morgan fingerprint density at radius 3 is 2.07 bits per heavy atom. The van der Waals surface area contributed by atoms with Gasteiger partial charge in [0.1, 0.15) is 10.6 Å². The molecule has 0 aliphatic rings. The van der Waals surface area contributed by atoms with E-state index < -0.39 is 20.8 Å². The molecule has 0 heterocycles. The maximum absolute atomic E-state index is 12.8. The van der Waals surface area contributed by atoms with Gasteiger partial charge in [-0.3, -0.25) is 0 Å². The van der Waals surface area contributed by atoms with Crippen molar-refractivity contribution in [3.63, 3.8) is 0 Å². The van der Waals surface area contributed by atoms with E-state index >= 15 is 0 Å². The molecule has 15 heavy (non-hydrogen) atoms. The molecule has 84 valence electrons. The highest BCUT2D eigenvalue weighted by Gasteiger charge is 2.34. The summed E-state index contributed by atoms with van der Waals surface area (Å²) in [5.74, 6) is -0.403. The van der Waals surface area contributed by atoms with Crippen LogP contribution in [-0.4, -0.2) is 13.2 Å². The average Bonchev–Trinajstić information content (AvgIpc) is 2.06. The molecule has 0 spiro atoms. The van der Waals surface area contributed by atoms with Crippen LogP contribution in [0.5, 0.6) is 0 Å². The van der Waals surface area contributed by atoms with E-state index in [2.05, 4.69) is 0 Å². The Morgan fingerprint density at radius 1 is 1.20 bits per heavy atom. The minimum absolute atomic E-state index is 0.0200. The smallest absolute Gasteiger partial charge is 0.207 e. The molecule has 1 rings (SSSR count). The molecule has 1 aromatic carbocycles. The van der Waals surface area contributed by atoms with Gasteiger partial charge < -0.3 is 0 Å². The van der Waals surface area contributed by atoms with Crippen molar-refractivity contribution in [2.45, 2.75) is 25.0 Å².